The lowest BCUT2D eigenvalue weighted by molar-refractivity contribution is -0.303. The molecule has 0 fully saturated rings. The SMILES string of the molecule is COc1cc(Cc2cnc(N)nc2N)c2c(c1OC)OCC=C2.O=C1O[C@H]([C@@H](O)CO)C(O)=C1[O-]. The maximum atomic E-state index is 10.6. The summed E-state index contributed by atoms with van der Waals surface area (Å²) in [6.07, 6.45) is 3.23. The van der Waals surface area contributed by atoms with Crippen molar-refractivity contribution in [2.75, 3.05) is 38.9 Å². The first-order valence-electron chi connectivity index (χ1n) is 10.3. The predicted octanol–water partition coefficient (Wildman–Crippen LogP) is -0.950. The van der Waals surface area contributed by atoms with E-state index in [-0.39, 0.29) is 5.95 Å². The van der Waals surface area contributed by atoms with Gasteiger partial charge in [-0.15, -0.1) is 0 Å². The topological polar surface area (TPSA) is 216 Å². The summed E-state index contributed by atoms with van der Waals surface area (Å²) in [5.74, 6) is -0.882. The van der Waals surface area contributed by atoms with Crippen molar-refractivity contribution in [3.05, 3.63) is 46.5 Å². The molecule has 188 valence electrons. The zero-order valence-electron chi connectivity index (χ0n) is 18.9. The van der Waals surface area contributed by atoms with Crippen molar-refractivity contribution in [3.63, 3.8) is 0 Å². The first-order valence-corrected chi connectivity index (χ1v) is 10.3. The molecule has 2 aliphatic rings. The van der Waals surface area contributed by atoms with Crippen LogP contribution in [0.3, 0.4) is 0 Å². The number of anilines is 2. The van der Waals surface area contributed by atoms with Gasteiger partial charge >= 0.3 is 5.97 Å². The Hall–Kier alpha value is -4.23. The Labute approximate surface area is 199 Å². The summed E-state index contributed by atoms with van der Waals surface area (Å²) in [7, 11) is 3.18. The van der Waals surface area contributed by atoms with E-state index in [0.717, 1.165) is 16.7 Å². The number of ether oxygens (including phenoxy) is 4. The van der Waals surface area contributed by atoms with Crippen LogP contribution in [0.1, 0.15) is 16.7 Å². The number of aliphatic hydroxyl groups excluding tert-OH is 3. The van der Waals surface area contributed by atoms with Crippen molar-refractivity contribution in [1.82, 2.24) is 9.97 Å². The van der Waals surface area contributed by atoms with Crippen molar-refractivity contribution in [2.24, 2.45) is 0 Å². The molecule has 0 aliphatic carbocycles. The Morgan fingerprint density at radius 1 is 1.29 bits per heavy atom. The Morgan fingerprint density at radius 2 is 2.03 bits per heavy atom. The quantitative estimate of drug-likeness (QED) is 0.310. The molecule has 0 amide bonds. The fourth-order valence-electron chi connectivity index (χ4n) is 3.39. The van der Waals surface area contributed by atoms with Crippen LogP contribution in [-0.2, 0) is 16.0 Å². The smallest absolute Gasteiger partial charge is 0.327 e. The van der Waals surface area contributed by atoms with Crippen LogP contribution in [0.15, 0.2) is 29.9 Å². The van der Waals surface area contributed by atoms with Crippen LogP contribution in [0.4, 0.5) is 11.8 Å². The predicted molar refractivity (Wildman–Crippen MR) is 120 cm³/mol. The number of rotatable bonds is 6. The van der Waals surface area contributed by atoms with Gasteiger partial charge in [-0.1, -0.05) is 6.08 Å². The summed E-state index contributed by atoms with van der Waals surface area (Å²) in [4.78, 5) is 18.5. The van der Waals surface area contributed by atoms with Crippen molar-refractivity contribution in [2.45, 2.75) is 18.6 Å². The maximum absolute atomic E-state index is 10.6. The monoisotopic (exact) mass is 489 g/mol. The van der Waals surface area contributed by atoms with Gasteiger partial charge in [-0.05, 0) is 17.7 Å². The maximum Gasteiger partial charge on any atom is 0.327 e. The summed E-state index contributed by atoms with van der Waals surface area (Å²) >= 11 is 0. The lowest BCUT2D eigenvalue weighted by Gasteiger charge is -2.21. The van der Waals surface area contributed by atoms with E-state index in [1.165, 1.54) is 0 Å². The van der Waals surface area contributed by atoms with E-state index >= 15 is 0 Å². The zero-order valence-corrected chi connectivity index (χ0v) is 18.9. The van der Waals surface area contributed by atoms with Crippen LogP contribution in [-0.4, -0.2) is 70.9 Å². The molecule has 2 atom stereocenters. The van der Waals surface area contributed by atoms with E-state index < -0.39 is 36.3 Å². The van der Waals surface area contributed by atoms with Gasteiger partial charge in [0.15, 0.2) is 17.6 Å². The molecule has 13 heteroatoms. The molecule has 1 aromatic heterocycles. The van der Waals surface area contributed by atoms with Crippen LogP contribution in [0.25, 0.3) is 6.08 Å². The number of hydrogen-bond donors (Lipinski definition) is 5. The molecule has 0 saturated heterocycles. The van der Waals surface area contributed by atoms with E-state index in [0.29, 0.717) is 36.1 Å². The number of hydrogen-bond acceptors (Lipinski definition) is 13. The molecule has 0 spiro atoms. The largest absolute Gasteiger partial charge is 0.865 e. The number of aromatic nitrogens is 2. The zero-order chi connectivity index (χ0) is 25.7. The number of nitrogens with zero attached hydrogens (tertiary/aromatic N) is 2. The van der Waals surface area contributed by atoms with Crippen molar-refractivity contribution < 1.29 is 44.2 Å². The van der Waals surface area contributed by atoms with E-state index in [1.807, 2.05) is 18.2 Å². The molecule has 2 aromatic rings. The second kappa shape index (κ2) is 10.8. The molecule has 0 saturated carbocycles. The average molecular weight is 489 g/mol. The molecule has 35 heavy (non-hydrogen) atoms. The highest BCUT2D eigenvalue weighted by molar-refractivity contribution is 5.88. The fourth-order valence-corrected chi connectivity index (χ4v) is 3.39. The number of methoxy groups -OCH3 is 2. The lowest BCUT2D eigenvalue weighted by atomic mass is 9.97. The Bertz CT molecular complexity index is 1170. The van der Waals surface area contributed by atoms with E-state index in [9.17, 15) is 9.90 Å². The standard InChI is InChI=1S/C16H18N4O3.C6H8O6/c1-21-12-7-9(6-10-8-19-16(18)20-15(10)17)11-4-3-5-23-13(11)14(12)22-2;7-1-2(8)5-3(9)4(10)6(11)12-5/h3-4,7-8H,5-6H2,1-2H3,(H4,17,18,19,20);2,5,7-10H,1H2/p-1/t;2-,5+/m.0/s1. The highest BCUT2D eigenvalue weighted by Gasteiger charge is 2.34. The fraction of sp³-hybridized carbons (Fsp3) is 0.318. The van der Waals surface area contributed by atoms with Crippen LogP contribution in [0.5, 0.6) is 17.2 Å². The van der Waals surface area contributed by atoms with Crippen LogP contribution in [0, 0.1) is 0 Å². The molecular weight excluding hydrogens is 464 g/mol. The summed E-state index contributed by atoms with van der Waals surface area (Å²) in [5, 5.41) is 36.8. The van der Waals surface area contributed by atoms with Gasteiger partial charge in [0.25, 0.3) is 0 Å². The molecule has 0 unspecified atom stereocenters. The minimum absolute atomic E-state index is 0.156. The Balaban J connectivity index is 0.000000241. The average Bonchev–Trinajstić information content (AvgIpc) is 3.12. The van der Waals surface area contributed by atoms with Crippen LogP contribution in [0.2, 0.25) is 0 Å². The number of benzene rings is 1. The van der Waals surface area contributed by atoms with Gasteiger partial charge in [0.05, 0.1) is 20.8 Å². The Morgan fingerprint density at radius 3 is 2.60 bits per heavy atom. The number of fused-ring (bicyclic) bond motifs is 1. The summed E-state index contributed by atoms with van der Waals surface area (Å²) < 4.78 is 20.8. The number of carbonyl (C=O) groups is 1. The second-order valence-electron chi connectivity index (χ2n) is 7.33. The van der Waals surface area contributed by atoms with Gasteiger partial charge in [-0.25, -0.2) is 9.78 Å². The number of nitrogen functional groups attached to an aromatic ring is 2. The molecule has 0 radical (unpaired) electrons. The van der Waals surface area contributed by atoms with Crippen molar-refractivity contribution >= 4 is 23.8 Å². The number of esters is 1. The Kier molecular flexibility index (Phi) is 7.83. The molecular formula is C22H25N4O9-. The normalized spacial score (nSPS) is 17.0. The number of cyclic esters (lactones) is 1. The molecule has 2 aliphatic heterocycles. The summed E-state index contributed by atoms with van der Waals surface area (Å²) in [6.45, 7) is -0.210. The van der Waals surface area contributed by atoms with E-state index in [2.05, 4.69) is 14.7 Å². The van der Waals surface area contributed by atoms with Crippen molar-refractivity contribution in [1.29, 1.82) is 0 Å². The molecule has 7 N–H and O–H groups in total. The molecule has 1 aromatic carbocycles. The number of carbonyl (C=O) groups excluding carboxylic acids is 1. The number of nitrogens with two attached hydrogens (primary N) is 2. The molecule has 3 heterocycles. The highest BCUT2D eigenvalue weighted by atomic mass is 16.6. The number of aliphatic hydroxyl groups is 3. The van der Waals surface area contributed by atoms with E-state index in [4.69, 9.17) is 41.0 Å². The van der Waals surface area contributed by atoms with Gasteiger partial charge in [0.1, 0.15) is 24.3 Å². The third kappa shape index (κ3) is 5.31. The van der Waals surface area contributed by atoms with Gasteiger partial charge < -0.3 is 50.8 Å². The third-order valence-corrected chi connectivity index (χ3v) is 5.11. The van der Waals surface area contributed by atoms with Gasteiger partial charge in [-0.3, -0.25) is 0 Å². The summed E-state index contributed by atoms with van der Waals surface area (Å²) in [6, 6.07) is 1.91. The lowest BCUT2D eigenvalue weighted by Crippen LogP contribution is -2.31. The van der Waals surface area contributed by atoms with Gasteiger partial charge in [-0.2, -0.15) is 4.98 Å². The third-order valence-electron chi connectivity index (χ3n) is 5.11. The van der Waals surface area contributed by atoms with Crippen LogP contribution >= 0.6 is 0 Å². The highest BCUT2D eigenvalue weighted by Crippen LogP contribution is 2.44. The van der Waals surface area contributed by atoms with Gasteiger partial charge in [0.2, 0.25) is 11.7 Å². The molecule has 0 bridgehead atoms. The minimum atomic E-state index is -1.46. The van der Waals surface area contributed by atoms with Crippen LogP contribution < -0.4 is 30.8 Å². The first kappa shape index (κ1) is 25.4. The summed E-state index contributed by atoms with van der Waals surface area (Å²) in [5.41, 5.74) is 14.2. The molecule has 13 nitrogen and oxygen atoms in total. The van der Waals surface area contributed by atoms with E-state index in [1.54, 1.807) is 20.4 Å². The van der Waals surface area contributed by atoms with Crippen molar-refractivity contribution in [3.8, 4) is 17.2 Å². The second-order valence-corrected chi connectivity index (χ2v) is 7.33. The van der Waals surface area contributed by atoms with Gasteiger partial charge in [0, 0.05) is 29.5 Å². The molecule has 4 rings (SSSR count). The first-order chi connectivity index (χ1) is 16.7. The minimum Gasteiger partial charge on any atom is -0.865 e.